The first kappa shape index (κ1) is 19.6. The minimum Gasteiger partial charge on any atom is -0.343 e. The van der Waals surface area contributed by atoms with Crippen molar-refractivity contribution in [3.05, 3.63) is 33.8 Å². The highest BCUT2D eigenvalue weighted by Crippen LogP contribution is 2.23. The summed E-state index contributed by atoms with van der Waals surface area (Å²) in [5, 5.41) is 1.25. The van der Waals surface area contributed by atoms with Crippen LogP contribution in [0.25, 0.3) is 0 Å². The number of nitrogens with zero attached hydrogens (tertiary/aromatic N) is 1. The van der Waals surface area contributed by atoms with Crippen LogP contribution < -0.4 is 5.73 Å². The van der Waals surface area contributed by atoms with E-state index in [0.717, 1.165) is 31.5 Å². The van der Waals surface area contributed by atoms with Crippen LogP contribution in [0.15, 0.2) is 18.2 Å². The Morgan fingerprint density at radius 3 is 2.55 bits per heavy atom. The van der Waals surface area contributed by atoms with E-state index in [1.165, 1.54) is 0 Å². The molecule has 22 heavy (non-hydrogen) atoms. The van der Waals surface area contributed by atoms with Gasteiger partial charge in [0.15, 0.2) is 0 Å². The molecule has 0 radical (unpaired) electrons. The monoisotopic (exact) mass is 364 g/mol. The molecular formula is C16H23Cl3N2O. The van der Waals surface area contributed by atoms with Gasteiger partial charge in [0.05, 0.1) is 0 Å². The molecular weight excluding hydrogens is 343 g/mol. The molecule has 0 saturated carbocycles. The fraction of sp³-hybridized carbons (Fsp3) is 0.562. The molecule has 1 atom stereocenters. The third kappa shape index (κ3) is 5.31. The van der Waals surface area contributed by atoms with Crippen molar-refractivity contribution in [2.75, 3.05) is 13.1 Å². The van der Waals surface area contributed by atoms with Crippen molar-refractivity contribution in [2.24, 2.45) is 11.7 Å². The lowest BCUT2D eigenvalue weighted by atomic mass is 9.91. The topological polar surface area (TPSA) is 46.3 Å². The zero-order chi connectivity index (χ0) is 15.4. The lowest BCUT2D eigenvalue weighted by Crippen LogP contribution is -2.42. The summed E-state index contributed by atoms with van der Waals surface area (Å²) in [4.78, 5) is 14.2. The van der Waals surface area contributed by atoms with Gasteiger partial charge >= 0.3 is 0 Å². The molecule has 3 nitrogen and oxygen atoms in total. The van der Waals surface area contributed by atoms with Gasteiger partial charge in [0.25, 0.3) is 0 Å². The minimum absolute atomic E-state index is 0. The molecule has 124 valence electrons. The van der Waals surface area contributed by atoms with Crippen LogP contribution in [0.3, 0.4) is 0 Å². The highest BCUT2D eigenvalue weighted by molar-refractivity contribution is 6.35. The molecule has 1 saturated heterocycles. The second kappa shape index (κ2) is 8.97. The number of amides is 1. The lowest BCUT2D eigenvalue weighted by Gasteiger charge is -2.33. The van der Waals surface area contributed by atoms with Crippen LogP contribution in [-0.2, 0) is 11.2 Å². The lowest BCUT2D eigenvalue weighted by molar-refractivity contribution is -0.132. The molecule has 2 rings (SSSR count). The molecule has 1 heterocycles. The second-order valence-electron chi connectivity index (χ2n) is 5.81. The molecule has 1 aliphatic heterocycles. The van der Waals surface area contributed by atoms with E-state index in [2.05, 4.69) is 0 Å². The first-order valence-corrected chi connectivity index (χ1v) is 8.20. The van der Waals surface area contributed by atoms with E-state index in [4.69, 9.17) is 28.9 Å². The molecule has 0 spiro atoms. The van der Waals surface area contributed by atoms with Gasteiger partial charge in [-0.05, 0) is 49.8 Å². The van der Waals surface area contributed by atoms with Crippen molar-refractivity contribution in [3.63, 3.8) is 0 Å². The van der Waals surface area contributed by atoms with Gasteiger partial charge in [-0.2, -0.15) is 0 Å². The van der Waals surface area contributed by atoms with Gasteiger partial charge < -0.3 is 10.6 Å². The molecule has 0 aliphatic carbocycles. The van der Waals surface area contributed by atoms with Crippen LogP contribution >= 0.6 is 35.6 Å². The minimum atomic E-state index is 0. The Kier molecular flexibility index (Phi) is 7.98. The number of carbonyl (C=O) groups excluding carboxylic acids is 1. The van der Waals surface area contributed by atoms with Crippen molar-refractivity contribution in [1.29, 1.82) is 0 Å². The highest BCUT2D eigenvalue weighted by Gasteiger charge is 2.24. The van der Waals surface area contributed by atoms with Gasteiger partial charge in [-0.15, -0.1) is 12.4 Å². The Morgan fingerprint density at radius 1 is 1.36 bits per heavy atom. The Labute approximate surface area is 148 Å². The van der Waals surface area contributed by atoms with E-state index in [9.17, 15) is 4.79 Å². The normalized spacial score (nSPS) is 17.0. The van der Waals surface area contributed by atoms with Crippen molar-refractivity contribution in [1.82, 2.24) is 4.90 Å². The predicted octanol–water partition coefficient (Wildman–Crippen LogP) is 3.93. The fourth-order valence-electron chi connectivity index (χ4n) is 2.80. The number of hydrogen-bond donors (Lipinski definition) is 1. The van der Waals surface area contributed by atoms with Crippen molar-refractivity contribution in [3.8, 4) is 0 Å². The van der Waals surface area contributed by atoms with Gasteiger partial charge in [-0.25, -0.2) is 0 Å². The zero-order valence-electron chi connectivity index (χ0n) is 12.7. The van der Waals surface area contributed by atoms with Crippen LogP contribution in [0.4, 0.5) is 0 Å². The van der Waals surface area contributed by atoms with Crippen LogP contribution in [0, 0.1) is 5.92 Å². The molecule has 6 heteroatoms. The van der Waals surface area contributed by atoms with Gasteiger partial charge in [0, 0.05) is 35.6 Å². The Morgan fingerprint density at radius 2 is 2.00 bits per heavy atom. The summed E-state index contributed by atoms with van der Waals surface area (Å²) in [6, 6.07) is 5.63. The Bertz CT molecular complexity index is 500. The van der Waals surface area contributed by atoms with E-state index in [1.807, 2.05) is 17.9 Å². The average molecular weight is 366 g/mol. The summed E-state index contributed by atoms with van der Waals surface area (Å²) >= 11 is 12.0. The van der Waals surface area contributed by atoms with Crippen LogP contribution in [-0.4, -0.2) is 29.9 Å². The standard InChI is InChI=1S/C16H22Cl2N2O.ClH/c1-11(19)12-6-8-20(9-7-12)16(21)5-3-13-2-4-14(17)10-15(13)18;/h2,4,10-12H,3,5-9,19H2,1H3;1H. The fourth-order valence-corrected chi connectivity index (χ4v) is 3.30. The quantitative estimate of drug-likeness (QED) is 0.878. The number of carbonyl (C=O) groups is 1. The van der Waals surface area contributed by atoms with E-state index < -0.39 is 0 Å². The van der Waals surface area contributed by atoms with Crippen LogP contribution in [0.1, 0.15) is 31.7 Å². The zero-order valence-corrected chi connectivity index (χ0v) is 15.1. The number of aryl methyl sites for hydroxylation is 1. The van der Waals surface area contributed by atoms with Crippen molar-refractivity contribution < 1.29 is 4.79 Å². The molecule has 1 aromatic rings. The summed E-state index contributed by atoms with van der Waals surface area (Å²) in [6.07, 6.45) is 3.16. The van der Waals surface area contributed by atoms with Gasteiger partial charge in [0.2, 0.25) is 5.91 Å². The number of halogens is 3. The number of nitrogens with two attached hydrogens (primary N) is 1. The SMILES string of the molecule is CC(N)C1CCN(C(=O)CCc2ccc(Cl)cc2Cl)CC1.Cl. The summed E-state index contributed by atoms with van der Waals surface area (Å²) in [5.74, 6) is 0.740. The van der Waals surface area contributed by atoms with Gasteiger partial charge in [0.1, 0.15) is 0 Å². The van der Waals surface area contributed by atoms with E-state index in [-0.39, 0.29) is 24.4 Å². The maximum absolute atomic E-state index is 12.3. The summed E-state index contributed by atoms with van der Waals surface area (Å²) in [5.41, 5.74) is 6.90. The summed E-state index contributed by atoms with van der Waals surface area (Å²) in [7, 11) is 0. The molecule has 1 aromatic carbocycles. The van der Waals surface area contributed by atoms with Gasteiger partial charge in [-0.3, -0.25) is 4.79 Å². The van der Waals surface area contributed by atoms with E-state index >= 15 is 0 Å². The van der Waals surface area contributed by atoms with E-state index in [1.54, 1.807) is 12.1 Å². The molecule has 1 unspecified atom stereocenters. The molecule has 2 N–H and O–H groups in total. The van der Waals surface area contributed by atoms with Crippen LogP contribution in [0.5, 0.6) is 0 Å². The largest absolute Gasteiger partial charge is 0.343 e. The molecule has 0 aromatic heterocycles. The summed E-state index contributed by atoms with van der Waals surface area (Å²) < 4.78 is 0. The third-order valence-corrected chi connectivity index (χ3v) is 4.85. The number of benzene rings is 1. The second-order valence-corrected chi connectivity index (χ2v) is 6.66. The predicted molar refractivity (Wildman–Crippen MR) is 95.0 cm³/mol. The molecule has 0 bridgehead atoms. The molecule has 1 fully saturated rings. The number of hydrogen-bond acceptors (Lipinski definition) is 2. The van der Waals surface area contributed by atoms with Crippen molar-refractivity contribution in [2.45, 2.75) is 38.6 Å². The third-order valence-electron chi connectivity index (χ3n) is 4.26. The Balaban J connectivity index is 0.00000242. The number of rotatable bonds is 4. The van der Waals surface area contributed by atoms with Crippen molar-refractivity contribution >= 4 is 41.5 Å². The maximum Gasteiger partial charge on any atom is 0.222 e. The van der Waals surface area contributed by atoms with E-state index in [0.29, 0.717) is 28.8 Å². The summed E-state index contributed by atoms with van der Waals surface area (Å²) in [6.45, 7) is 3.68. The number of likely N-dealkylation sites (tertiary alicyclic amines) is 1. The van der Waals surface area contributed by atoms with Gasteiger partial charge in [-0.1, -0.05) is 29.3 Å². The molecule has 1 aliphatic rings. The Hall–Kier alpha value is -0.480. The first-order valence-electron chi connectivity index (χ1n) is 7.44. The smallest absolute Gasteiger partial charge is 0.222 e. The highest BCUT2D eigenvalue weighted by atomic mass is 35.5. The van der Waals surface area contributed by atoms with Crippen LogP contribution in [0.2, 0.25) is 10.0 Å². The average Bonchev–Trinajstić information content (AvgIpc) is 2.46. The molecule has 1 amide bonds. The maximum atomic E-state index is 12.3. The number of piperidine rings is 1. The first-order chi connectivity index (χ1) is 9.97.